The molecule has 0 radical (unpaired) electrons. The average molecular weight is 363 g/mol. The van der Waals surface area contributed by atoms with Crippen molar-refractivity contribution in [3.8, 4) is 0 Å². The third kappa shape index (κ3) is 4.42. The molecule has 3 N–H and O–H groups in total. The molecule has 3 aromatic heterocycles. The molecule has 138 valence electrons. The van der Waals surface area contributed by atoms with Gasteiger partial charge in [-0.2, -0.15) is 5.10 Å². The van der Waals surface area contributed by atoms with Crippen LogP contribution in [0.25, 0.3) is 16.6 Å². The predicted molar refractivity (Wildman–Crippen MR) is 107 cm³/mol. The third-order valence-corrected chi connectivity index (χ3v) is 3.80. The van der Waals surface area contributed by atoms with Crippen molar-refractivity contribution < 1.29 is 4.74 Å². The number of methoxy groups -OCH3 is 1. The summed E-state index contributed by atoms with van der Waals surface area (Å²) in [7, 11) is 3.29. The van der Waals surface area contributed by atoms with Crippen molar-refractivity contribution in [2.45, 2.75) is 6.92 Å². The lowest BCUT2D eigenvalue weighted by Crippen LogP contribution is -2.09. The highest BCUT2D eigenvalue weighted by atomic mass is 16.5. The van der Waals surface area contributed by atoms with E-state index in [4.69, 9.17) is 10.5 Å². The van der Waals surface area contributed by atoms with Gasteiger partial charge in [0.15, 0.2) is 5.82 Å². The Morgan fingerprint density at radius 2 is 2.07 bits per heavy atom. The minimum atomic E-state index is 0.306. The first-order valence-corrected chi connectivity index (χ1v) is 8.34. The Balaban J connectivity index is 1.99. The van der Waals surface area contributed by atoms with Crippen LogP contribution in [0.3, 0.4) is 0 Å². The molecule has 0 aliphatic rings. The third-order valence-electron chi connectivity index (χ3n) is 3.80. The maximum absolute atomic E-state index is 6.12. The summed E-state index contributed by atoms with van der Waals surface area (Å²) in [5.41, 5.74) is 10.8. The number of nitrogens with one attached hydrogen (secondary N) is 1. The molecule has 27 heavy (non-hydrogen) atoms. The molecule has 0 aromatic carbocycles. The van der Waals surface area contributed by atoms with Crippen molar-refractivity contribution >= 4 is 34.5 Å². The Morgan fingerprint density at radius 1 is 1.22 bits per heavy atom. The van der Waals surface area contributed by atoms with E-state index in [0.29, 0.717) is 23.9 Å². The number of hydrogen-bond donors (Lipinski definition) is 2. The van der Waals surface area contributed by atoms with Gasteiger partial charge < -0.3 is 15.8 Å². The fraction of sp³-hybridized carbons (Fsp3) is 0.211. The summed E-state index contributed by atoms with van der Waals surface area (Å²) >= 11 is 0. The van der Waals surface area contributed by atoms with Gasteiger partial charge in [-0.25, -0.2) is 4.98 Å². The zero-order valence-corrected chi connectivity index (χ0v) is 15.5. The highest BCUT2D eigenvalue weighted by Crippen LogP contribution is 2.21. The highest BCUT2D eigenvalue weighted by molar-refractivity contribution is 6.11. The molecule has 3 aromatic rings. The van der Waals surface area contributed by atoms with E-state index in [1.165, 1.54) is 0 Å². The zero-order valence-electron chi connectivity index (χ0n) is 15.5. The van der Waals surface area contributed by atoms with Crippen LogP contribution in [-0.4, -0.2) is 47.1 Å². The lowest BCUT2D eigenvalue weighted by Gasteiger charge is -2.09. The summed E-state index contributed by atoms with van der Waals surface area (Å²) in [4.78, 5) is 13.2. The Labute approximate surface area is 157 Å². The molecule has 3 rings (SSSR count). The maximum atomic E-state index is 6.12. The van der Waals surface area contributed by atoms with Gasteiger partial charge in [-0.15, -0.1) is 5.10 Å². The molecule has 8 nitrogen and oxygen atoms in total. The van der Waals surface area contributed by atoms with E-state index in [2.05, 4.69) is 30.5 Å². The predicted octanol–water partition coefficient (Wildman–Crippen LogP) is 2.49. The largest absolute Gasteiger partial charge is 0.400 e. The normalized spacial score (nSPS) is 12.4. The molecule has 0 bridgehead atoms. The summed E-state index contributed by atoms with van der Waals surface area (Å²) in [5, 5.41) is 11.2. The highest BCUT2D eigenvalue weighted by Gasteiger charge is 2.08. The van der Waals surface area contributed by atoms with Gasteiger partial charge in [0.25, 0.3) is 0 Å². The topological polar surface area (TPSA) is 111 Å². The summed E-state index contributed by atoms with van der Waals surface area (Å²) in [6.45, 7) is 2.26. The van der Waals surface area contributed by atoms with Crippen molar-refractivity contribution in [3.05, 3.63) is 53.5 Å². The van der Waals surface area contributed by atoms with Crippen LogP contribution in [0.1, 0.15) is 11.1 Å². The van der Waals surface area contributed by atoms with Crippen molar-refractivity contribution in [2.24, 2.45) is 10.7 Å². The number of ether oxygens (including phenoxy) is 1. The number of hydrogen-bond acceptors (Lipinski definition) is 8. The van der Waals surface area contributed by atoms with Crippen LogP contribution in [0, 0.1) is 6.92 Å². The maximum Gasteiger partial charge on any atom is 0.154 e. The molecule has 0 fully saturated rings. The van der Waals surface area contributed by atoms with Gasteiger partial charge in [0, 0.05) is 43.4 Å². The van der Waals surface area contributed by atoms with Crippen LogP contribution < -0.4 is 11.1 Å². The smallest absolute Gasteiger partial charge is 0.154 e. The van der Waals surface area contributed by atoms with E-state index in [-0.39, 0.29) is 0 Å². The molecule has 0 saturated heterocycles. The molecule has 8 heteroatoms. The van der Waals surface area contributed by atoms with Crippen molar-refractivity contribution in [1.82, 2.24) is 20.2 Å². The van der Waals surface area contributed by atoms with Crippen molar-refractivity contribution in [3.63, 3.8) is 0 Å². The number of aryl methyl sites for hydroxylation is 1. The number of pyridine rings is 2. The average Bonchev–Trinajstić information content (AvgIpc) is 2.66. The van der Waals surface area contributed by atoms with Crippen LogP contribution in [-0.2, 0) is 4.74 Å². The number of nitrogens with two attached hydrogens (primary N) is 1. The molecular formula is C19H21N7O. The molecule has 0 spiro atoms. The molecule has 0 atom stereocenters. The van der Waals surface area contributed by atoms with Gasteiger partial charge in [0.1, 0.15) is 5.82 Å². The van der Waals surface area contributed by atoms with E-state index in [1.54, 1.807) is 32.8 Å². The van der Waals surface area contributed by atoms with Crippen LogP contribution in [0.4, 0.5) is 11.6 Å². The van der Waals surface area contributed by atoms with Crippen LogP contribution in [0.2, 0.25) is 0 Å². The number of anilines is 2. The van der Waals surface area contributed by atoms with Gasteiger partial charge in [0.2, 0.25) is 0 Å². The fourth-order valence-electron chi connectivity index (χ4n) is 2.58. The van der Waals surface area contributed by atoms with Crippen LogP contribution >= 0.6 is 0 Å². The first-order valence-electron chi connectivity index (χ1n) is 8.34. The van der Waals surface area contributed by atoms with Gasteiger partial charge in [-0.3, -0.25) is 9.98 Å². The lowest BCUT2D eigenvalue weighted by atomic mass is 10.1. The minimum Gasteiger partial charge on any atom is -0.400 e. The van der Waals surface area contributed by atoms with E-state index in [9.17, 15) is 0 Å². The molecule has 0 aliphatic carbocycles. The van der Waals surface area contributed by atoms with E-state index < -0.39 is 0 Å². The summed E-state index contributed by atoms with van der Waals surface area (Å²) in [6, 6.07) is 7.57. The Bertz CT molecular complexity index is 1010. The van der Waals surface area contributed by atoms with E-state index in [0.717, 1.165) is 27.7 Å². The molecule has 0 unspecified atom stereocenters. The van der Waals surface area contributed by atoms with Gasteiger partial charge >= 0.3 is 0 Å². The quantitative estimate of drug-likeness (QED) is 0.647. The second-order valence-electron chi connectivity index (χ2n) is 5.96. The first-order chi connectivity index (χ1) is 13.1. The molecule has 0 saturated carbocycles. The van der Waals surface area contributed by atoms with E-state index >= 15 is 0 Å². The number of aromatic nitrogens is 4. The Kier molecular flexibility index (Phi) is 5.68. The Hall–Kier alpha value is -3.39. The molecule has 0 amide bonds. The van der Waals surface area contributed by atoms with Crippen LogP contribution in [0.15, 0.2) is 47.3 Å². The number of aliphatic imine (C=N–C) groups is 1. The fourth-order valence-corrected chi connectivity index (χ4v) is 2.58. The lowest BCUT2D eigenvalue weighted by molar-refractivity contribution is 0.225. The summed E-state index contributed by atoms with van der Waals surface area (Å²) in [6.07, 6.45) is 5.15. The Morgan fingerprint density at radius 3 is 2.81 bits per heavy atom. The SMILES string of the molecule is CN=CC(=C(N)COC)c1cnc2ccc(Nc3cc(C)cnn3)nc2c1. The van der Waals surface area contributed by atoms with Gasteiger partial charge in [-0.05, 0) is 36.8 Å². The zero-order chi connectivity index (χ0) is 19.2. The van der Waals surface area contributed by atoms with Gasteiger partial charge in [-0.1, -0.05) is 0 Å². The molecule has 3 heterocycles. The van der Waals surface area contributed by atoms with Crippen molar-refractivity contribution in [1.29, 1.82) is 0 Å². The summed E-state index contributed by atoms with van der Waals surface area (Å²) in [5.74, 6) is 1.29. The molecular weight excluding hydrogens is 342 g/mol. The number of fused-ring (bicyclic) bond motifs is 1. The second kappa shape index (κ2) is 8.33. The molecule has 0 aliphatic heterocycles. The minimum absolute atomic E-state index is 0.306. The van der Waals surface area contributed by atoms with Gasteiger partial charge in [0.05, 0.1) is 23.8 Å². The number of allylic oxidation sites excluding steroid dienone is 1. The second-order valence-corrected chi connectivity index (χ2v) is 5.96. The van der Waals surface area contributed by atoms with Crippen LogP contribution in [0.5, 0.6) is 0 Å². The van der Waals surface area contributed by atoms with E-state index in [1.807, 2.05) is 31.2 Å². The number of rotatable bonds is 6. The standard InChI is InChI=1S/C19H21N7O/c1-12-6-19(26-23-8-12)25-18-5-4-16-17(24-18)7-13(9-22-16)14(10-21-2)15(20)11-27-3/h4-10H,11,20H2,1-3H3,(H,24,25,26). The summed E-state index contributed by atoms with van der Waals surface area (Å²) < 4.78 is 5.13. The number of nitrogens with zero attached hydrogens (tertiary/aromatic N) is 5. The van der Waals surface area contributed by atoms with Crippen molar-refractivity contribution in [2.75, 3.05) is 26.1 Å². The first kappa shape index (κ1) is 18.4. The monoisotopic (exact) mass is 363 g/mol.